The SMILES string of the molecule is O=C(/C=C/c1cccc(Cl)c1)N1CCN(CC(=O)N2CCN(C3CCC3)CC2)CC1. The van der Waals surface area contributed by atoms with Gasteiger partial charge in [0, 0.05) is 69.5 Å². The number of carbonyl (C=O) groups excluding carboxylic acids is 2. The minimum absolute atomic E-state index is 0.00747. The van der Waals surface area contributed by atoms with Gasteiger partial charge in [-0.15, -0.1) is 0 Å². The summed E-state index contributed by atoms with van der Waals surface area (Å²) in [7, 11) is 0. The quantitative estimate of drug-likeness (QED) is 0.672. The number of nitrogens with zero attached hydrogens (tertiary/aromatic N) is 4. The van der Waals surface area contributed by atoms with Crippen LogP contribution >= 0.6 is 11.6 Å². The Hall–Kier alpha value is -1.89. The molecule has 6 nitrogen and oxygen atoms in total. The molecule has 1 aromatic carbocycles. The topological polar surface area (TPSA) is 47.1 Å². The van der Waals surface area contributed by atoms with Crippen LogP contribution < -0.4 is 0 Å². The van der Waals surface area contributed by atoms with Crippen LogP contribution in [0.1, 0.15) is 24.8 Å². The van der Waals surface area contributed by atoms with E-state index in [1.165, 1.54) is 19.3 Å². The Morgan fingerprint density at radius 3 is 2.30 bits per heavy atom. The van der Waals surface area contributed by atoms with E-state index in [2.05, 4.69) is 9.80 Å². The molecule has 1 aliphatic carbocycles. The maximum absolute atomic E-state index is 12.7. The van der Waals surface area contributed by atoms with Gasteiger partial charge in [-0.1, -0.05) is 30.2 Å². The minimum Gasteiger partial charge on any atom is -0.339 e. The van der Waals surface area contributed by atoms with Crippen LogP contribution in [0.3, 0.4) is 0 Å². The molecule has 3 aliphatic rings. The van der Waals surface area contributed by atoms with Crippen molar-refractivity contribution in [2.75, 3.05) is 58.9 Å². The smallest absolute Gasteiger partial charge is 0.246 e. The molecule has 0 N–H and O–H groups in total. The Bertz CT molecular complexity index is 779. The molecule has 4 rings (SSSR count). The summed E-state index contributed by atoms with van der Waals surface area (Å²) in [5.41, 5.74) is 0.914. The molecule has 0 bridgehead atoms. The van der Waals surface area contributed by atoms with Gasteiger partial charge in [0.05, 0.1) is 6.54 Å². The molecule has 7 heteroatoms. The second-order valence-electron chi connectivity index (χ2n) is 8.49. The molecule has 3 fully saturated rings. The summed E-state index contributed by atoms with van der Waals surface area (Å²) in [6.45, 7) is 6.97. The standard InChI is InChI=1S/C23H31ClN4O2/c24-20-4-1-3-19(17-20)7-8-22(29)27-11-9-25(10-12-27)18-23(30)28-15-13-26(14-16-28)21-5-2-6-21/h1,3-4,7-8,17,21H,2,5-6,9-16,18H2/b8-7+. The monoisotopic (exact) mass is 430 g/mol. The van der Waals surface area contributed by atoms with Crippen molar-refractivity contribution < 1.29 is 9.59 Å². The molecule has 2 amide bonds. The van der Waals surface area contributed by atoms with Gasteiger partial charge in [0.15, 0.2) is 0 Å². The van der Waals surface area contributed by atoms with Gasteiger partial charge >= 0.3 is 0 Å². The highest BCUT2D eigenvalue weighted by molar-refractivity contribution is 6.30. The number of piperazine rings is 2. The Morgan fingerprint density at radius 2 is 1.67 bits per heavy atom. The average molecular weight is 431 g/mol. The van der Waals surface area contributed by atoms with E-state index in [0.717, 1.165) is 50.9 Å². The molecule has 0 aromatic heterocycles. The molecule has 1 aromatic rings. The lowest BCUT2D eigenvalue weighted by molar-refractivity contribution is -0.135. The molecular formula is C23H31ClN4O2. The third kappa shape index (κ3) is 5.42. The first kappa shape index (κ1) is 21.3. The van der Waals surface area contributed by atoms with Gasteiger partial charge in [-0.05, 0) is 36.6 Å². The molecular weight excluding hydrogens is 400 g/mol. The lowest BCUT2D eigenvalue weighted by Crippen LogP contribution is -2.56. The normalized spacial score (nSPS) is 21.8. The first-order valence-electron chi connectivity index (χ1n) is 11.1. The highest BCUT2D eigenvalue weighted by atomic mass is 35.5. The Labute approximate surface area is 184 Å². The van der Waals surface area contributed by atoms with Crippen molar-refractivity contribution in [2.24, 2.45) is 0 Å². The van der Waals surface area contributed by atoms with Crippen LogP contribution in [0, 0.1) is 0 Å². The Balaban J connectivity index is 1.18. The van der Waals surface area contributed by atoms with Crippen LogP contribution in [0.2, 0.25) is 5.02 Å². The van der Waals surface area contributed by atoms with E-state index in [9.17, 15) is 9.59 Å². The van der Waals surface area contributed by atoms with Crippen LogP contribution in [-0.4, -0.2) is 96.4 Å². The van der Waals surface area contributed by atoms with Gasteiger partial charge < -0.3 is 9.80 Å². The molecule has 2 saturated heterocycles. The second kappa shape index (κ2) is 9.94. The average Bonchev–Trinajstić information content (AvgIpc) is 2.72. The molecule has 2 heterocycles. The number of halogens is 1. The Kier molecular flexibility index (Phi) is 7.08. The number of amides is 2. The lowest BCUT2D eigenvalue weighted by Gasteiger charge is -2.43. The summed E-state index contributed by atoms with van der Waals surface area (Å²) in [6.07, 6.45) is 7.41. The van der Waals surface area contributed by atoms with E-state index in [1.807, 2.05) is 34.1 Å². The summed E-state index contributed by atoms with van der Waals surface area (Å²) in [6, 6.07) is 8.21. The summed E-state index contributed by atoms with van der Waals surface area (Å²) < 4.78 is 0. The molecule has 1 saturated carbocycles. The van der Waals surface area contributed by atoms with E-state index < -0.39 is 0 Å². The zero-order valence-electron chi connectivity index (χ0n) is 17.5. The fraction of sp³-hybridized carbons (Fsp3) is 0.565. The maximum Gasteiger partial charge on any atom is 0.246 e. The summed E-state index contributed by atoms with van der Waals surface area (Å²) in [5, 5.41) is 0.660. The highest BCUT2D eigenvalue weighted by Gasteiger charge is 2.30. The molecule has 30 heavy (non-hydrogen) atoms. The first-order chi connectivity index (χ1) is 14.6. The maximum atomic E-state index is 12.7. The van der Waals surface area contributed by atoms with Crippen LogP contribution in [0.25, 0.3) is 6.08 Å². The minimum atomic E-state index is 0.00747. The van der Waals surface area contributed by atoms with Crippen molar-refractivity contribution in [3.8, 4) is 0 Å². The van der Waals surface area contributed by atoms with Gasteiger partial charge in [-0.2, -0.15) is 0 Å². The van der Waals surface area contributed by atoms with Gasteiger partial charge in [0.2, 0.25) is 11.8 Å². The molecule has 2 aliphatic heterocycles. The number of hydrogen-bond acceptors (Lipinski definition) is 4. The third-order valence-electron chi connectivity index (χ3n) is 6.57. The van der Waals surface area contributed by atoms with Crippen LogP contribution in [0.15, 0.2) is 30.3 Å². The second-order valence-corrected chi connectivity index (χ2v) is 8.93. The van der Waals surface area contributed by atoms with Gasteiger partial charge in [-0.25, -0.2) is 0 Å². The fourth-order valence-corrected chi connectivity index (χ4v) is 4.59. The number of hydrogen-bond donors (Lipinski definition) is 0. The van der Waals surface area contributed by atoms with Crippen LogP contribution in [0.4, 0.5) is 0 Å². The van der Waals surface area contributed by atoms with Gasteiger partial charge in [-0.3, -0.25) is 19.4 Å². The van der Waals surface area contributed by atoms with Gasteiger partial charge in [0.25, 0.3) is 0 Å². The number of carbonyl (C=O) groups is 2. The van der Waals surface area contributed by atoms with E-state index in [-0.39, 0.29) is 11.8 Å². The third-order valence-corrected chi connectivity index (χ3v) is 6.80. The van der Waals surface area contributed by atoms with E-state index >= 15 is 0 Å². The molecule has 0 atom stereocenters. The molecule has 0 radical (unpaired) electrons. The van der Waals surface area contributed by atoms with Gasteiger partial charge in [0.1, 0.15) is 0 Å². The summed E-state index contributed by atoms with van der Waals surface area (Å²) >= 11 is 5.98. The molecule has 0 spiro atoms. The fourth-order valence-electron chi connectivity index (χ4n) is 4.39. The number of benzene rings is 1. The predicted molar refractivity (Wildman–Crippen MR) is 119 cm³/mol. The van der Waals surface area contributed by atoms with Crippen molar-refractivity contribution in [1.82, 2.24) is 19.6 Å². The zero-order valence-corrected chi connectivity index (χ0v) is 18.3. The lowest BCUT2D eigenvalue weighted by atomic mass is 9.91. The Morgan fingerprint density at radius 1 is 0.967 bits per heavy atom. The van der Waals surface area contributed by atoms with E-state index in [0.29, 0.717) is 24.7 Å². The van der Waals surface area contributed by atoms with E-state index in [4.69, 9.17) is 11.6 Å². The molecule has 0 unspecified atom stereocenters. The summed E-state index contributed by atoms with van der Waals surface area (Å²) in [4.78, 5) is 33.7. The van der Waals surface area contributed by atoms with Crippen molar-refractivity contribution >= 4 is 29.5 Å². The predicted octanol–water partition coefficient (Wildman–Crippen LogP) is 2.19. The van der Waals surface area contributed by atoms with Crippen molar-refractivity contribution in [1.29, 1.82) is 0 Å². The van der Waals surface area contributed by atoms with Crippen LogP contribution in [0.5, 0.6) is 0 Å². The largest absolute Gasteiger partial charge is 0.339 e. The first-order valence-corrected chi connectivity index (χ1v) is 11.4. The number of rotatable bonds is 5. The van der Waals surface area contributed by atoms with Crippen LogP contribution in [-0.2, 0) is 9.59 Å². The highest BCUT2D eigenvalue weighted by Crippen LogP contribution is 2.25. The van der Waals surface area contributed by atoms with Crippen molar-refractivity contribution in [3.05, 3.63) is 40.9 Å². The van der Waals surface area contributed by atoms with Crippen molar-refractivity contribution in [3.63, 3.8) is 0 Å². The van der Waals surface area contributed by atoms with E-state index in [1.54, 1.807) is 12.2 Å². The van der Waals surface area contributed by atoms with Crippen molar-refractivity contribution in [2.45, 2.75) is 25.3 Å². The zero-order chi connectivity index (χ0) is 20.9. The summed E-state index contributed by atoms with van der Waals surface area (Å²) in [5.74, 6) is 0.233. The molecule has 162 valence electrons.